The van der Waals surface area contributed by atoms with Gasteiger partial charge in [0, 0.05) is 5.69 Å². The standard InChI is InChI=1S/C9H11NO3.C6H4O/c1-6(9(11)12)13-8-4-2-7(10)3-5-8;1-2-6-4-3-5(1)7-6/h2-6H,10H2,1H3,(H,11,12);1-4H. The van der Waals surface area contributed by atoms with Crippen LogP contribution in [0.15, 0.2) is 52.9 Å². The fraction of sp³-hybridized carbons (Fsp3) is 0.133. The summed E-state index contributed by atoms with van der Waals surface area (Å²) in [5, 5.41) is 8.55. The van der Waals surface area contributed by atoms with E-state index in [2.05, 4.69) is 0 Å². The van der Waals surface area contributed by atoms with Crippen LogP contribution >= 0.6 is 0 Å². The zero-order chi connectivity index (χ0) is 14.5. The Bertz CT molecular complexity index is 614. The van der Waals surface area contributed by atoms with E-state index in [9.17, 15) is 4.79 Å². The Morgan fingerprint density at radius 1 is 1.10 bits per heavy atom. The van der Waals surface area contributed by atoms with Crippen LogP contribution in [0.25, 0.3) is 11.2 Å². The van der Waals surface area contributed by atoms with Crippen molar-refractivity contribution in [3.05, 3.63) is 48.5 Å². The number of rotatable bonds is 3. The summed E-state index contributed by atoms with van der Waals surface area (Å²) < 4.78 is 10.2. The quantitative estimate of drug-likeness (QED) is 0.716. The van der Waals surface area contributed by atoms with Crippen LogP contribution in [-0.4, -0.2) is 17.2 Å². The third-order valence-corrected chi connectivity index (χ3v) is 2.60. The Labute approximate surface area is 115 Å². The fourth-order valence-electron chi connectivity index (χ4n) is 1.51. The monoisotopic (exact) mass is 273 g/mol. The predicted molar refractivity (Wildman–Crippen MR) is 76.0 cm³/mol. The van der Waals surface area contributed by atoms with E-state index in [4.69, 9.17) is 20.0 Å². The van der Waals surface area contributed by atoms with Crippen molar-refractivity contribution in [3.63, 3.8) is 0 Å². The molecule has 0 radical (unpaired) electrons. The summed E-state index contributed by atoms with van der Waals surface area (Å²) >= 11 is 0. The van der Waals surface area contributed by atoms with Crippen LogP contribution in [0.1, 0.15) is 6.92 Å². The van der Waals surface area contributed by atoms with Crippen molar-refractivity contribution < 1.29 is 19.1 Å². The topological polar surface area (TPSA) is 85.7 Å². The number of furan rings is 2. The maximum atomic E-state index is 10.4. The Balaban J connectivity index is 0.000000173. The maximum absolute atomic E-state index is 10.4. The van der Waals surface area contributed by atoms with Gasteiger partial charge in [0.1, 0.15) is 16.9 Å². The molecule has 0 aliphatic rings. The molecule has 2 bridgehead atoms. The van der Waals surface area contributed by atoms with Crippen LogP contribution in [0, 0.1) is 0 Å². The molecule has 2 aromatic heterocycles. The molecule has 0 aliphatic carbocycles. The lowest BCUT2D eigenvalue weighted by Gasteiger charge is -2.09. The molecule has 5 nitrogen and oxygen atoms in total. The lowest BCUT2D eigenvalue weighted by molar-refractivity contribution is -0.144. The van der Waals surface area contributed by atoms with Gasteiger partial charge in [-0.25, -0.2) is 4.79 Å². The zero-order valence-electron chi connectivity index (χ0n) is 10.9. The number of fused-ring (bicyclic) bond motifs is 2. The Hall–Kier alpha value is -2.69. The summed E-state index contributed by atoms with van der Waals surface area (Å²) in [6.45, 7) is 1.47. The second kappa shape index (κ2) is 5.97. The molecule has 3 aromatic rings. The molecule has 0 fully saturated rings. The first-order chi connectivity index (χ1) is 9.54. The van der Waals surface area contributed by atoms with Crippen molar-refractivity contribution in [2.45, 2.75) is 13.0 Å². The molecule has 0 spiro atoms. The van der Waals surface area contributed by atoms with Crippen molar-refractivity contribution in [1.82, 2.24) is 0 Å². The number of hydrogen-bond acceptors (Lipinski definition) is 4. The number of carboxylic acid groups (broad SMARTS) is 1. The van der Waals surface area contributed by atoms with Gasteiger partial charge in [0.05, 0.1) is 0 Å². The lowest BCUT2D eigenvalue weighted by atomic mass is 10.3. The Morgan fingerprint density at radius 3 is 1.95 bits per heavy atom. The summed E-state index contributed by atoms with van der Waals surface area (Å²) in [5.41, 5.74) is 8.00. The summed E-state index contributed by atoms with van der Waals surface area (Å²) in [4.78, 5) is 10.4. The molecule has 2 heterocycles. The smallest absolute Gasteiger partial charge is 0.344 e. The molecule has 0 amide bonds. The molecule has 0 saturated heterocycles. The van der Waals surface area contributed by atoms with Crippen LogP contribution in [0.4, 0.5) is 5.69 Å². The highest BCUT2D eigenvalue weighted by molar-refractivity contribution is 5.72. The Morgan fingerprint density at radius 2 is 1.60 bits per heavy atom. The van der Waals surface area contributed by atoms with E-state index in [1.807, 2.05) is 24.3 Å². The van der Waals surface area contributed by atoms with Gasteiger partial charge in [-0.3, -0.25) is 0 Å². The number of ether oxygens (including phenoxy) is 1. The molecular formula is C15H15NO4. The summed E-state index contributed by atoms with van der Waals surface area (Å²) in [7, 11) is 0. The van der Waals surface area contributed by atoms with Gasteiger partial charge in [0.25, 0.3) is 0 Å². The van der Waals surface area contributed by atoms with Crippen LogP contribution in [0.5, 0.6) is 5.75 Å². The molecule has 1 atom stereocenters. The fourth-order valence-corrected chi connectivity index (χ4v) is 1.51. The van der Waals surface area contributed by atoms with E-state index < -0.39 is 12.1 Å². The summed E-state index contributed by atoms with van der Waals surface area (Å²) in [6, 6.07) is 14.4. The highest BCUT2D eigenvalue weighted by Crippen LogP contribution is 2.14. The van der Waals surface area contributed by atoms with E-state index in [0.29, 0.717) is 11.4 Å². The van der Waals surface area contributed by atoms with Crippen LogP contribution < -0.4 is 10.5 Å². The maximum Gasteiger partial charge on any atom is 0.344 e. The Kier molecular flexibility index (Phi) is 4.10. The molecule has 20 heavy (non-hydrogen) atoms. The van der Waals surface area contributed by atoms with Gasteiger partial charge in [-0.2, -0.15) is 0 Å². The first kappa shape index (κ1) is 13.7. The van der Waals surface area contributed by atoms with Gasteiger partial charge in [-0.1, -0.05) is 0 Å². The lowest BCUT2D eigenvalue weighted by Crippen LogP contribution is -2.22. The van der Waals surface area contributed by atoms with Crippen molar-refractivity contribution in [2.24, 2.45) is 0 Å². The number of benzene rings is 2. The van der Waals surface area contributed by atoms with Crippen molar-refractivity contribution in [1.29, 1.82) is 0 Å². The SMILES string of the molecule is CC(Oc1ccc(N)cc1)C(=O)O.c1cc2ccc1o2. The number of carbonyl (C=O) groups is 1. The number of hydrogen-bond donors (Lipinski definition) is 2. The highest BCUT2D eigenvalue weighted by Gasteiger charge is 2.11. The second-order valence-electron chi connectivity index (χ2n) is 4.24. The normalized spacial score (nSPS) is 11.7. The molecule has 104 valence electrons. The molecule has 1 aromatic carbocycles. The minimum absolute atomic E-state index is 0.504. The number of nitrogens with two attached hydrogens (primary N) is 1. The van der Waals surface area contributed by atoms with E-state index in [1.54, 1.807) is 24.3 Å². The molecule has 1 unspecified atom stereocenters. The largest absolute Gasteiger partial charge is 0.479 e. The highest BCUT2D eigenvalue weighted by atomic mass is 16.5. The van der Waals surface area contributed by atoms with Gasteiger partial charge in [-0.05, 0) is 55.5 Å². The summed E-state index contributed by atoms with van der Waals surface area (Å²) in [5.74, 6) is -0.485. The van der Waals surface area contributed by atoms with E-state index in [1.165, 1.54) is 6.92 Å². The zero-order valence-corrected chi connectivity index (χ0v) is 10.9. The number of anilines is 1. The molecule has 5 heteroatoms. The average molecular weight is 273 g/mol. The third-order valence-electron chi connectivity index (χ3n) is 2.60. The first-order valence-electron chi connectivity index (χ1n) is 6.07. The minimum atomic E-state index is -0.989. The van der Waals surface area contributed by atoms with Gasteiger partial charge in [-0.15, -0.1) is 0 Å². The van der Waals surface area contributed by atoms with E-state index in [0.717, 1.165) is 11.2 Å². The number of nitrogen functional groups attached to an aromatic ring is 1. The van der Waals surface area contributed by atoms with Crippen LogP contribution in [-0.2, 0) is 4.79 Å². The van der Waals surface area contributed by atoms with Gasteiger partial charge < -0.3 is 20.0 Å². The van der Waals surface area contributed by atoms with Crippen molar-refractivity contribution in [3.8, 4) is 5.75 Å². The van der Waals surface area contributed by atoms with Crippen LogP contribution in [0.2, 0.25) is 0 Å². The van der Waals surface area contributed by atoms with E-state index in [-0.39, 0.29) is 0 Å². The molecule has 3 rings (SSSR count). The van der Waals surface area contributed by atoms with E-state index >= 15 is 0 Å². The molecular weight excluding hydrogens is 258 g/mol. The second-order valence-corrected chi connectivity index (χ2v) is 4.24. The average Bonchev–Trinajstić information content (AvgIpc) is 3.07. The summed E-state index contributed by atoms with van der Waals surface area (Å²) in [6.07, 6.45) is -0.844. The predicted octanol–water partition coefficient (Wildman–Crippen LogP) is 2.99. The van der Waals surface area contributed by atoms with Gasteiger partial charge in [0.15, 0.2) is 6.10 Å². The van der Waals surface area contributed by atoms with Gasteiger partial charge in [0.2, 0.25) is 0 Å². The number of aliphatic carboxylic acids is 1. The molecule has 0 saturated carbocycles. The third kappa shape index (κ3) is 3.65. The molecule has 3 N–H and O–H groups in total. The minimum Gasteiger partial charge on any atom is -0.479 e. The van der Waals surface area contributed by atoms with Crippen LogP contribution in [0.3, 0.4) is 0 Å². The van der Waals surface area contributed by atoms with Crippen molar-refractivity contribution in [2.75, 3.05) is 5.73 Å². The molecule has 0 aliphatic heterocycles. The first-order valence-corrected chi connectivity index (χ1v) is 6.07. The van der Waals surface area contributed by atoms with Gasteiger partial charge >= 0.3 is 5.97 Å². The van der Waals surface area contributed by atoms with Crippen molar-refractivity contribution >= 4 is 22.8 Å². The number of carboxylic acids is 1.